The van der Waals surface area contributed by atoms with Gasteiger partial charge in [-0.2, -0.15) is 0 Å². The molecule has 2 fully saturated rings. The van der Waals surface area contributed by atoms with Crippen LogP contribution in [0.2, 0.25) is 0 Å². The summed E-state index contributed by atoms with van der Waals surface area (Å²) in [7, 11) is -4.74. The number of nitrogens with zero attached hydrogens (tertiary/aromatic N) is 4. The van der Waals surface area contributed by atoms with Crippen LogP contribution in [0.1, 0.15) is 18.7 Å². The van der Waals surface area contributed by atoms with Crippen molar-refractivity contribution < 1.29 is 37.9 Å². The lowest BCUT2D eigenvalue weighted by atomic mass is 10.1. The molecule has 0 bridgehead atoms. The summed E-state index contributed by atoms with van der Waals surface area (Å²) in [5.74, 6) is 0.206. The molecule has 14 nitrogen and oxygen atoms in total. The van der Waals surface area contributed by atoms with Crippen LogP contribution in [-0.2, 0) is 23.3 Å². The summed E-state index contributed by atoms with van der Waals surface area (Å²) in [6.07, 6.45) is 2.55. The molecule has 2 saturated heterocycles. The molecule has 5 atom stereocenters. The van der Waals surface area contributed by atoms with Gasteiger partial charge >= 0.3 is 13.9 Å². The standard InChI is InChI=1S/C22H25N6O8P/c1-2-23-22(29)27-19-16-20(25-11-24-19)28(12-26-16)21-18-17(14(34-21)10-33-37(30,31)32)35-15(36-18)9-8-13-6-4-3-5-7-13/h3-9,11-12,14-15,17-18,21H,2,10H2,1H3,(H2,30,31,32)(H2,23,24,25,27,29)/b9-8+/t14-,15?,17-,18-,21-/m1/s1. The van der Waals surface area contributed by atoms with Gasteiger partial charge in [0.05, 0.1) is 12.9 Å². The van der Waals surface area contributed by atoms with Gasteiger partial charge in [-0.1, -0.05) is 36.4 Å². The first kappa shape index (κ1) is 25.4. The number of carbonyl (C=O) groups is 1. The molecule has 4 N–H and O–H groups in total. The number of phosphoric acid groups is 1. The van der Waals surface area contributed by atoms with Crippen molar-refractivity contribution in [2.45, 2.75) is 37.8 Å². The predicted molar refractivity (Wildman–Crippen MR) is 129 cm³/mol. The van der Waals surface area contributed by atoms with Gasteiger partial charge in [0.15, 0.2) is 29.5 Å². The Morgan fingerprint density at radius 1 is 1.16 bits per heavy atom. The number of hydrogen-bond donors (Lipinski definition) is 4. The van der Waals surface area contributed by atoms with E-state index in [4.69, 9.17) is 18.7 Å². The minimum absolute atomic E-state index is 0.206. The molecule has 2 aliphatic heterocycles. The van der Waals surface area contributed by atoms with Crippen LogP contribution in [0.5, 0.6) is 0 Å². The van der Waals surface area contributed by atoms with E-state index in [9.17, 15) is 19.1 Å². The van der Waals surface area contributed by atoms with Gasteiger partial charge in [0.25, 0.3) is 0 Å². The molecule has 2 aliphatic rings. The van der Waals surface area contributed by atoms with E-state index >= 15 is 0 Å². The molecular formula is C22H25N6O8P. The quantitative estimate of drug-likeness (QED) is 0.311. The predicted octanol–water partition coefficient (Wildman–Crippen LogP) is 1.80. The second kappa shape index (κ2) is 10.6. The lowest BCUT2D eigenvalue weighted by Crippen LogP contribution is -2.31. The highest BCUT2D eigenvalue weighted by molar-refractivity contribution is 7.46. The van der Waals surface area contributed by atoms with E-state index in [-0.39, 0.29) is 5.82 Å². The smallest absolute Gasteiger partial charge is 0.347 e. The normalized spacial score (nSPS) is 25.5. The lowest BCUT2D eigenvalue weighted by Gasteiger charge is -2.20. The summed E-state index contributed by atoms with van der Waals surface area (Å²) >= 11 is 0. The summed E-state index contributed by atoms with van der Waals surface area (Å²) in [6.45, 7) is 1.80. The molecule has 0 radical (unpaired) electrons. The van der Waals surface area contributed by atoms with Crippen LogP contribution in [0.4, 0.5) is 10.6 Å². The van der Waals surface area contributed by atoms with Crippen LogP contribution in [-0.4, -0.2) is 73.1 Å². The Morgan fingerprint density at radius 2 is 1.95 bits per heavy atom. The number of amides is 2. The number of benzene rings is 1. The number of aromatic nitrogens is 4. The van der Waals surface area contributed by atoms with E-state index in [0.29, 0.717) is 17.7 Å². The molecule has 1 unspecified atom stereocenters. The molecule has 37 heavy (non-hydrogen) atoms. The van der Waals surface area contributed by atoms with Crippen LogP contribution in [0.3, 0.4) is 0 Å². The average Bonchev–Trinajstić information content (AvgIpc) is 3.56. The number of anilines is 1. The molecule has 2 aromatic heterocycles. The maximum absolute atomic E-state index is 12.0. The minimum Gasteiger partial charge on any atom is -0.347 e. The van der Waals surface area contributed by atoms with Gasteiger partial charge in [0.2, 0.25) is 0 Å². The monoisotopic (exact) mass is 532 g/mol. The molecule has 5 rings (SSSR count). The van der Waals surface area contributed by atoms with Crippen molar-refractivity contribution in [3.8, 4) is 0 Å². The number of phosphoric ester groups is 1. The van der Waals surface area contributed by atoms with E-state index in [1.807, 2.05) is 36.4 Å². The van der Waals surface area contributed by atoms with Gasteiger partial charge in [0, 0.05) is 6.54 Å². The summed E-state index contributed by atoms with van der Waals surface area (Å²) in [5.41, 5.74) is 1.63. The molecule has 15 heteroatoms. The lowest BCUT2D eigenvalue weighted by molar-refractivity contribution is -0.132. The Labute approximate surface area is 210 Å². The zero-order valence-electron chi connectivity index (χ0n) is 19.6. The number of rotatable bonds is 8. The van der Waals surface area contributed by atoms with Crippen molar-refractivity contribution in [3.63, 3.8) is 0 Å². The zero-order valence-corrected chi connectivity index (χ0v) is 20.5. The summed E-state index contributed by atoms with van der Waals surface area (Å²) in [4.78, 5) is 43.1. The van der Waals surface area contributed by atoms with E-state index in [1.54, 1.807) is 17.6 Å². The molecule has 0 aliphatic carbocycles. The highest BCUT2D eigenvalue weighted by Gasteiger charge is 2.53. The van der Waals surface area contributed by atoms with Gasteiger partial charge in [-0.25, -0.2) is 24.3 Å². The number of carbonyl (C=O) groups excluding carboxylic acids is 1. The topological polar surface area (TPSA) is 179 Å². The number of fused-ring (bicyclic) bond motifs is 2. The van der Waals surface area contributed by atoms with Crippen LogP contribution in [0.25, 0.3) is 17.2 Å². The molecule has 3 aromatic rings. The first-order valence-electron chi connectivity index (χ1n) is 11.4. The molecule has 0 spiro atoms. The maximum atomic E-state index is 12.0. The van der Waals surface area contributed by atoms with E-state index in [1.165, 1.54) is 12.7 Å². The minimum atomic E-state index is -4.74. The van der Waals surface area contributed by atoms with Crippen molar-refractivity contribution in [2.75, 3.05) is 18.5 Å². The van der Waals surface area contributed by atoms with Crippen LogP contribution in [0.15, 0.2) is 49.1 Å². The Balaban J connectivity index is 1.41. The largest absolute Gasteiger partial charge is 0.469 e. The number of ether oxygens (including phenoxy) is 3. The van der Waals surface area contributed by atoms with Crippen LogP contribution in [0, 0.1) is 0 Å². The third-order valence-corrected chi connectivity index (χ3v) is 6.21. The summed E-state index contributed by atoms with van der Waals surface area (Å²) in [6, 6.07) is 9.14. The molecule has 1 aromatic carbocycles. The van der Waals surface area contributed by atoms with Crippen molar-refractivity contribution in [1.29, 1.82) is 0 Å². The number of imidazole rings is 1. The van der Waals surface area contributed by atoms with Gasteiger partial charge in [-0.05, 0) is 18.6 Å². The molecule has 196 valence electrons. The highest BCUT2D eigenvalue weighted by atomic mass is 31.2. The third kappa shape index (κ3) is 5.70. The van der Waals surface area contributed by atoms with Gasteiger partial charge in [-0.15, -0.1) is 0 Å². The molecule has 0 saturated carbocycles. The van der Waals surface area contributed by atoms with Crippen LogP contribution >= 0.6 is 7.82 Å². The molecule has 4 heterocycles. The Kier molecular flexibility index (Phi) is 7.31. The fraction of sp³-hybridized carbons (Fsp3) is 0.364. The first-order chi connectivity index (χ1) is 17.8. The number of urea groups is 1. The van der Waals surface area contributed by atoms with E-state index < -0.39 is 51.3 Å². The van der Waals surface area contributed by atoms with Crippen molar-refractivity contribution in [3.05, 3.63) is 54.6 Å². The second-order valence-corrected chi connectivity index (χ2v) is 9.46. The van der Waals surface area contributed by atoms with Gasteiger partial charge < -0.3 is 29.3 Å². The second-order valence-electron chi connectivity index (χ2n) is 8.22. The van der Waals surface area contributed by atoms with Gasteiger partial charge in [-0.3, -0.25) is 14.4 Å². The van der Waals surface area contributed by atoms with Crippen LogP contribution < -0.4 is 10.6 Å². The third-order valence-electron chi connectivity index (χ3n) is 5.72. The average molecular weight is 532 g/mol. The van der Waals surface area contributed by atoms with Crippen molar-refractivity contribution in [2.24, 2.45) is 0 Å². The van der Waals surface area contributed by atoms with E-state index in [0.717, 1.165) is 5.56 Å². The van der Waals surface area contributed by atoms with Crippen molar-refractivity contribution >= 4 is 36.9 Å². The summed E-state index contributed by atoms with van der Waals surface area (Å²) in [5, 5.41) is 5.25. The summed E-state index contributed by atoms with van der Waals surface area (Å²) < 4.78 is 35.9. The number of hydrogen-bond acceptors (Lipinski definition) is 9. The molecule has 2 amide bonds. The Morgan fingerprint density at radius 3 is 2.70 bits per heavy atom. The molecular weight excluding hydrogens is 507 g/mol. The highest BCUT2D eigenvalue weighted by Crippen LogP contribution is 2.43. The Hall–Kier alpha value is -3.23. The SMILES string of the molecule is CCNC(=O)Nc1ncnc2c1ncn2[C@@H]1O[C@H](COP(=O)(O)O)[C@H]2OC(/C=C/c3ccccc3)O[C@H]21. The fourth-order valence-electron chi connectivity index (χ4n) is 4.17. The van der Waals surface area contributed by atoms with Crippen molar-refractivity contribution in [1.82, 2.24) is 24.8 Å². The Bertz CT molecular complexity index is 1330. The number of nitrogens with one attached hydrogen (secondary N) is 2. The first-order valence-corrected chi connectivity index (χ1v) is 13.0. The zero-order chi connectivity index (χ0) is 26.0. The van der Waals surface area contributed by atoms with Gasteiger partial charge in [0.1, 0.15) is 24.6 Å². The fourth-order valence-corrected chi connectivity index (χ4v) is 4.52. The van der Waals surface area contributed by atoms with E-state index in [2.05, 4.69) is 25.6 Å². The maximum Gasteiger partial charge on any atom is 0.469 e.